The van der Waals surface area contributed by atoms with Crippen LogP contribution in [-0.2, 0) is 47.4 Å². The molecular weight excluding hydrogens is 580 g/mol. The van der Waals surface area contributed by atoms with Crippen LogP contribution in [0.5, 0.6) is 0 Å². The Hall–Kier alpha value is 3.53. The molecule has 0 spiro atoms. The van der Waals surface area contributed by atoms with Gasteiger partial charge in [-0.25, -0.2) is 0 Å². The summed E-state index contributed by atoms with van der Waals surface area (Å²) in [6, 6.07) is 0. The van der Waals surface area contributed by atoms with Crippen LogP contribution in [0.25, 0.3) is 0 Å². The minimum absolute atomic E-state index is 0. The SMILES string of the molecule is [Ba+2].[H-].[H-].[O]=[Ti]([OH])[OH].[O]=[Zr]([O-])[O-].[Pb+2]. The quantitative estimate of drug-likeness (QED) is 0.279. The standard InChI is InChI=1S/Ba.2H2O.4O.Pb.Ti.Zr.2H/h;2*1H2;;;;;;;;;/q+2;;;;;2*-1;2*+2;;2*-1/p-2. The summed E-state index contributed by atoms with van der Waals surface area (Å²) in [7, 11) is 0. The van der Waals surface area contributed by atoms with Gasteiger partial charge >= 0.3 is 137 Å². The largest absolute Gasteiger partial charge is 2.00 e. The van der Waals surface area contributed by atoms with Crippen LogP contribution >= 0.6 is 0 Å². The molecule has 0 aliphatic heterocycles. The molecule has 0 saturated heterocycles. The fourth-order valence-corrected chi connectivity index (χ4v) is 0. The van der Waals surface area contributed by atoms with E-state index in [0.717, 1.165) is 0 Å². The molecule has 0 fully saturated rings. The van der Waals surface area contributed by atoms with Crippen LogP contribution < -0.4 is 6.37 Å². The monoisotopic (exact) mass is 584 g/mol. The number of hydrogen-bond donors (Lipinski definition) is 2. The molecule has 0 bridgehead atoms. The van der Waals surface area contributed by atoms with Crippen molar-refractivity contribution in [2.24, 2.45) is 0 Å². The van der Waals surface area contributed by atoms with Gasteiger partial charge in [-0.15, -0.1) is 0 Å². The molecule has 0 aromatic carbocycles. The molecule has 0 atom stereocenters. The van der Waals surface area contributed by atoms with Crippen LogP contribution in [0, 0.1) is 0 Å². The molecule has 6 nitrogen and oxygen atoms in total. The molecule has 10 heteroatoms. The Balaban J connectivity index is -0.0000000112. The molecule has 0 unspecified atom stereocenters. The molecule has 54 valence electrons. The molecule has 10 heavy (non-hydrogen) atoms. The maximum Gasteiger partial charge on any atom is 2.00 e. The Labute approximate surface area is 137 Å². The first-order valence-electron chi connectivity index (χ1n) is 1.26. The van der Waals surface area contributed by atoms with Crippen molar-refractivity contribution in [3.05, 3.63) is 0 Å². The predicted octanol–water partition coefficient (Wildman–Crippen LogP) is -4.27. The van der Waals surface area contributed by atoms with Gasteiger partial charge in [0.15, 0.2) is 0 Å². The average molecular weight is 584 g/mol. The minimum atomic E-state index is -4.29. The van der Waals surface area contributed by atoms with Gasteiger partial charge in [-0.2, -0.15) is 0 Å². The number of hydrogen-bond acceptors (Lipinski definition) is 4. The molecule has 0 heterocycles. The van der Waals surface area contributed by atoms with Crippen molar-refractivity contribution in [3.8, 4) is 0 Å². The van der Waals surface area contributed by atoms with E-state index < -0.39 is 41.3 Å². The van der Waals surface area contributed by atoms with Crippen LogP contribution in [0.1, 0.15) is 2.85 Å². The van der Waals surface area contributed by atoms with Gasteiger partial charge in [0.2, 0.25) is 0 Å². The Kier molecular flexibility index (Phi) is 42.9. The van der Waals surface area contributed by atoms with Gasteiger partial charge < -0.3 is 2.85 Å². The Bertz CT molecular complexity index is 83.5. The first kappa shape index (κ1) is 23.4. The Morgan fingerprint density at radius 3 is 1.40 bits per heavy atom. The fraction of sp³-hybridized carbons (Fsp3) is 0. The van der Waals surface area contributed by atoms with Crippen molar-refractivity contribution in [2.45, 2.75) is 0 Å². The maximum absolute atomic E-state index is 8.81. The van der Waals surface area contributed by atoms with E-state index in [-0.39, 0.29) is 79.0 Å². The van der Waals surface area contributed by atoms with Crippen LogP contribution in [0.2, 0.25) is 0 Å². The zero-order chi connectivity index (χ0) is 7.15. The average Bonchev–Trinajstić information content (AvgIpc) is 1.25. The van der Waals surface area contributed by atoms with E-state index in [1.165, 1.54) is 0 Å². The van der Waals surface area contributed by atoms with Crippen molar-refractivity contribution in [1.82, 2.24) is 0 Å². The van der Waals surface area contributed by atoms with E-state index in [1.807, 2.05) is 0 Å². The van der Waals surface area contributed by atoms with Gasteiger partial charge in [-0.05, 0) is 0 Å². The van der Waals surface area contributed by atoms with Crippen LogP contribution in [0.3, 0.4) is 0 Å². The molecular formula is H4BaO6PbTiZr. The Morgan fingerprint density at radius 1 is 1.40 bits per heavy atom. The second-order valence-corrected chi connectivity index (χ2v) is 2.64. The molecule has 0 aromatic heterocycles. The van der Waals surface area contributed by atoms with Crippen molar-refractivity contribution >= 4 is 76.2 Å². The van der Waals surface area contributed by atoms with E-state index >= 15 is 0 Å². The molecule has 0 aliphatic rings. The van der Waals surface area contributed by atoms with E-state index in [9.17, 15) is 0 Å². The van der Waals surface area contributed by atoms with Gasteiger partial charge in [0, 0.05) is 0 Å². The summed E-state index contributed by atoms with van der Waals surface area (Å²) in [6.45, 7) is 0. The van der Waals surface area contributed by atoms with E-state index in [4.69, 9.17) is 19.9 Å². The van der Waals surface area contributed by atoms with Gasteiger partial charge in [0.05, 0.1) is 0 Å². The summed E-state index contributed by atoms with van der Waals surface area (Å²) >= 11 is -7.88. The van der Waals surface area contributed by atoms with Gasteiger partial charge in [-0.1, -0.05) is 0 Å². The molecule has 2 N–H and O–H groups in total. The number of rotatable bonds is 0. The summed E-state index contributed by atoms with van der Waals surface area (Å²) in [5.41, 5.74) is 0. The Morgan fingerprint density at radius 2 is 1.40 bits per heavy atom. The predicted molar refractivity (Wildman–Crippen MR) is 19.5 cm³/mol. The summed E-state index contributed by atoms with van der Waals surface area (Å²) < 4.78 is 49.1. The first-order chi connectivity index (χ1) is 3.46. The molecule has 0 saturated carbocycles. The van der Waals surface area contributed by atoms with Crippen LogP contribution in [0.4, 0.5) is 0 Å². The molecule has 0 amide bonds. The normalized spacial score (nSPS) is 5.20. The minimum Gasteiger partial charge on any atom is 2.00 e. The third kappa shape index (κ3) is 103. The van der Waals surface area contributed by atoms with E-state index in [0.29, 0.717) is 0 Å². The van der Waals surface area contributed by atoms with Crippen molar-refractivity contribution in [3.63, 3.8) is 0 Å². The van der Waals surface area contributed by atoms with Crippen molar-refractivity contribution in [1.29, 1.82) is 0 Å². The van der Waals surface area contributed by atoms with Gasteiger partial charge in [0.1, 0.15) is 0 Å². The summed E-state index contributed by atoms with van der Waals surface area (Å²) in [5.74, 6) is 0. The third-order valence-electron chi connectivity index (χ3n) is 0. The second-order valence-electron chi connectivity index (χ2n) is 0.533. The van der Waals surface area contributed by atoms with Gasteiger partial charge in [-0.3, -0.25) is 0 Å². The molecule has 2 radical (unpaired) electrons. The summed E-state index contributed by atoms with van der Waals surface area (Å²) in [6.07, 6.45) is 0. The van der Waals surface area contributed by atoms with Crippen molar-refractivity contribution < 1.29 is 64.0 Å². The smallest absolute Gasteiger partial charge is 2.00 e. The maximum atomic E-state index is 8.81. The molecule has 0 aliphatic carbocycles. The fourth-order valence-electron chi connectivity index (χ4n) is 0. The van der Waals surface area contributed by atoms with Gasteiger partial charge in [0.25, 0.3) is 0 Å². The van der Waals surface area contributed by atoms with Crippen LogP contribution in [0.15, 0.2) is 0 Å². The van der Waals surface area contributed by atoms with E-state index in [2.05, 4.69) is 0 Å². The second kappa shape index (κ2) is 18.3. The van der Waals surface area contributed by atoms with Crippen LogP contribution in [-0.4, -0.2) is 83.6 Å². The van der Waals surface area contributed by atoms with E-state index in [1.54, 1.807) is 0 Å². The third-order valence-corrected chi connectivity index (χ3v) is 0. The summed E-state index contributed by atoms with van der Waals surface area (Å²) in [4.78, 5) is 0. The molecule has 0 aromatic rings. The molecule has 0 rings (SSSR count). The van der Waals surface area contributed by atoms with Crippen molar-refractivity contribution in [2.75, 3.05) is 0 Å². The zero-order valence-electron chi connectivity index (χ0n) is 6.73. The summed E-state index contributed by atoms with van der Waals surface area (Å²) in [5, 5.41) is 0. The first-order valence-corrected chi connectivity index (χ1v) is 6.31. The zero-order valence-corrected chi connectivity index (χ0v) is 17.1. The topological polar surface area (TPSA) is 121 Å².